The molecule has 0 bridgehead atoms. The highest BCUT2D eigenvalue weighted by Crippen LogP contribution is 2.43. The van der Waals surface area contributed by atoms with E-state index in [0.29, 0.717) is 27.4 Å². The molecule has 2 aliphatic rings. The Morgan fingerprint density at radius 2 is 2.09 bits per heavy atom. The van der Waals surface area contributed by atoms with Crippen molar-refractivity contribution in [2.24, 2.45) is 0 Å². The van der Waals surface area contributed by atoms with Crippen LogP contribution in [0.2, 0.25) is 0 Å². The topological polar surface area (TPSA) is 59.1 Å². The molecule has 6 nitrogen and oxygen atoms in total. The number of methoxy groups -OCH3 is 1. The Hall–Kier alpha value is -2.06. The van der Waals surface area contributed by atoms with Gasteiger partial charge in [-0.2, -0.15) is 0 Å². The van der Waals surface area contributed by atoms with Gasteiger partial charge in [0.1, 0.15) is 15.8 Å². The average molecular weight is 350 g/mol. The summed E-state index contributed by atoms with van der Waals surface area (Å²) in [6, 6.07) is 7.57. The maximum atomic E-state index is 12.6. The summed E-state index contributed by atoms with van der Waals surface area (Å²) in [5.74, 6) is 0.295. The fraction of sp³-hybridized carbons (Fsp3) is 0.267. The second-order valence-corrected chi connectivity index (χ2v) is 6.43. The van der Waals surface area contributed by atoms with Gasteiger partial charge in [-0.1, -0.05) is 24.4 Å². The minimum Gasteiger partial charge on any atom is -0.468 e. The lowest BCUT2D eigenvalue weighted by molar-refractivity contribution is -0.143. The fourth-order valence-corrected chi connectivity index (χ4v) is 3.64. The number of hydrogen-bond donors (Lipinski definition) is 0. The van der Waals surface area contributed by atoms with E-state index >= 15 is 0 Å². The van der Waals surface area contributed by atoms with E-state index in [-0.39, 0.29) is 12.5 Å². The number of carbonyl (C=O) groups excluding carboxylic acids is 2. The SMILES string of the molecule is CCN1/C(=C2\SC(=S)N(CC(=O)OC)C2=O)Oc2ccccc21. The van der Waals surface area contributed by atoms with Gasteiger partial charge in [0.05, 0.1) is 12.8 Å². The minimum absolute atomic E-state index is 0.197. The molecule has 1 fully saturated rings. The molecule has 8 heteroatoms. The molecule has 0 saturated carbocycles. The van der Waals surface area contributed by atoms with Crippen molar-refractivity contribution in [2.75, 3.05) is 25.1 Å². The highest BCUT2D eigenvalue weighted by atomic mass is 32.2. The van der Waals surface area contributed by atoms with Gasteiger partial charge in [0.2, 0.25) is 5.88 Å². The molecular formula is C15H14N2O4S2. The van der Waals surface area contributed by atoms with Crippen molar-refractivity contribution in [3.05, 3.63) is 35.1 Å². The van der Waals surface area contributed by atoms with Crippen LogP contribution in [0.5, 0.6) is 5.75 Å². The number of anilines is 1. The number of thioether (sulfide) groups is 1. The van der Waals surface area contributed by atoms with Crippen LogP contribution in [0.3, 0.4) is 0 Å². The van der Waals surface area contributed by atoms with Crippen molar-refractivity contribution >= 4 is 45.9 Å². The highest BCUT2D eigenvalue weighted by molar-refractivity contribution is 8.26. The third-order valence-corrected chi connectivity index (χ3v) is 4.90. The number of esters is 1. The molecular weight excluding hydrogens is 336 g/mol. The van der Waals surface area contributed by atoms with E-state index in [1.807, 2.05) is 36.1 Å². The van der Waals surface area contributed by atoms with Gasteiger partial charge in [-0.15, -0.1) is 0 Å². The van der Waals surface area contributed by atoms with E-state index < -0.39 is 5.97 Å². The molecule has 1 aromatic carbocycles. The number of ether oxygens (including phenoxy) is 2. The molecule has 0 aliphatic carbocycles. The maximum absolute atomic E-state index is 12.6. The Labute approximate surface area is 143 Å². The molecule has 0 aromatic heterocycles. The van der Waals surface area contributed by atoms with Gasteiger partial charge in [0.25, 0.3) is 5.91 Å². The average Bonchev–Trinajstić information content (AvgIpc) is 3.06. The largest absolute Gasteiger partial charge is 0.468 e. The van der Waals surface area contributed by atoms with Crippen LogP contribution in [-0.2, 0) is 14.3 Å². The second kappa shape index (κ2) is 6.21. The van der Waals surface area contributed by atoms with Gasteiger partial charge in [0, 0.05) is 6.54 Å². The zero-order chi connectivity index (χ0) is 16.6. The van der Waals surface area contributed by atoms with E-state index in [1.165, 1.54) is 12.0 Å². The molecule has 0 N–H and O–H groups in total. The van der Waals surface area contributed by atoms with Crippen molar-refractivity contribution in [3.8, 4) is 5.75 Å². The molecule has 3 rings (SSSR count). The van der Waals surface area contributed by atoms with E-state index in [4.69, 9.17) is 17.0 Å². The molecule has 120 valence electrons. The molecule has 0 radical (unpaired) electrons. The number of carbonyl (C=O) groups is 2. The Balaban J connectivity index is 1.95. The van der Waals surface area contributed by atoms with Gasteiger partial charge in [-0.3, -0.25) is 14.5 Å². The highest BCUT2D eigenvalue weighted by Gasteiger charge is 2.40. The Bertz CT molecular complexity index is 732. The van der Waals surface area contributed by atoms with Crippen LogP contribution < -0.4 is 9.64 Å². The van der Waals surface area contributed by atoms with Crippen LogP contribution in [0.4, 0.5) is 5.69 Å². The Kier molecular flexibility index (Phi) is 4.27. The van der Waals surface area contributed by atoms with Crippen LogP contribution in [0.15, 0.2) is 35.1 Å². The summed E-state index contributed by atoms with van der Waals surface area (Å²) in [4.78, 5) is 27.6. The summed E-state index contributed by atoms with van der Waals surface area (Å²) in [5, 5.41) is 0. The molecule has 0 spiro atoms. The van der Waals surface area contributed by atoms with Crippen molar-refractivity contribution < 1.29 is 19.1 Å². The molecule has 0 atom stereocenters. The monoisotopic (exact) mass is 350 g/mol. The number of nitrogens with zero attached hydrogens (tertiary/aromatic N) is 2. The standard InChI is InChI=1S/C15H14N2O4S2/c1-3-16-9-6-4-5-7-10(9)21-14(16)12-13(19)17(15(22)23-12)8-11(18)20-2/h4-7H,3,8H2,1-2H3/b14-12+. The van der Waals surface area contributed by atoms with Crippen molar-refractivity contribution in [2.45, 2.75) is 6.92 Å². The zero-order valence-corrected chi connectivity index (χ0v) is 14.2. The third kappa shape index (κ3) is 2.68. The van der Waals surface area contributed by atoms with E-state index in [0.717, 1.165) is 17.4 Å². The van der Waals surface area contributed by atoms with Crippen molar-refractivity contribution in [1.82, 2.24) is 4.90 Å². The van der Waals surface area contributed by atoms with E-state index in [9.17, 15) is 9.59 Å². The Morgan fingerprint density at radius 3 is 2.78 bits per heavy atom. The first kappa shape index (κ1) is 15.8. The molecule has 23 heavy (non-hydrogen) atoms. The summed E-state index contributed by atoms with van der Waals surface area (Å²) >= 11 is 6.34. The summed E-state index contributed by atoms with van der Waals surface area (Å²) in [7, 11) is 1.27. The second-order valence-electron chi connectivity index (χ2n) is 4.78. The van der Waals surface area contributed by atoms with E-state index in [2.05, 4.69) is 4.74 Å². The van der Waals surface area contributed by atoms with Crippen molar-refractivity contribution in [3.63, 3.8) is 0 Å². The van der Waals surface area contributed by atoms with E-state index in [1.54, 1.807) is 0 Å². The van der Waals surface area contributed by atoms with Crippen LogP contribution in [-0.4, -0.2) is 41.3 Å². The van der Waals surface area contributed by atoms with Crippen LogP contribution >= 0.6 is 24.0 Å². The number of hydrogen-bond acceptors (Lipinski definition) is 7. The van der Waals surface area contributed by atoms with Gasteiger partial charge in [-0.25, -0.2) is 0 Å². The maximum Gasteiger partial charge on any atom is 0.325 e. The molecule has 1 amide bonds. The molecule has 2 heterocycles. The smallest absolute Gasteiger partial charge is 0.325 e. The van der Waals surface area contributed by atoms with Gasteiger partial charge >= 0.3 is 5.97 Å². The number of benzene rings is 1. The molecule has 2 aliphatic heterocycles. The van der Waals surface area contributed by atoms with Crippen molar-refractivity contribution in [1.29, 1.82) is 0 Å². The first-order chi connectivity index (χ1) is 11.1. The number of rotatable bonds is 3. The number of thiocarbonyl (C=S) groups is 1. The van der Waals surface area contributed by atoms with Crippen LogP contribution in [0.25, 0.3) is 0 Å². The molecule has 1 aromatic rings. The first-order valence-corrected chi connectivity index (χ1v) is 8.18. The lowest BCUT2D eigenvalue weighted by Gasteiger charge is -2.17. The van der Waals surface area contributed by atoms with Gasteiger partial charge in [-0.05, 0) is 30.8 Å². The zero-order valence-electron chi connectivity index (χ0n) is 12.6. The fourth-order valence-electron chi connectivity index (χ4n) is 2.37. The summed E-state index contributed by atoms with van der Waals surface area (Å²) in [6.45, 7) is 2.42. The predicted molar refractivity (Wildman–Crippen MR) is 91.0 cm³/mol. The van der Waals surface area contributed by atoms with Crippen LogP contribution in [0, 0.1) is 0 Å². The normalized spacial score (nSPS) is 19.9. The third-order valence-electron chi connectivity index (χ3n) is 3.48. The molecule has 1 saturated heterocycles. The summed E-state index contributed by atoms with van der Waals surface area (Å²) < 4.78 is 10.8. The Morgan fingerprint density at radius 1 is 1.35 bits per heavy atom. The summed E-state index contributed by atoms with van der Waals surface area (Å²) in [5.41, 5.74) is 0.906. The number of para-hydroxylation sites is 2. The lowest BCUT2D eigenvalue weighted by Crippen LogP contribution is -2.34. The minimum atomic E-state index is -0.518. The first-order valence-electron chi connectivity index (χ1n) is 6.96. The number of fused-ring (bicyclic) bond motifs is 1. The lowest BCUT2D eigenvalue weighted by atomic mass is 10.3. The quantitative estimate of drug-likeness (QED) is 0.470. The van der Waals surface area contributed by atoms with Gasteiger partial charge < -0.3 is 14.4 Å². The van der Waals surface area contributed by atoms with Crippen LogP contribution in [0.1, 0.15) is 6.92 Å². The summed E-state index contributed by atoms with van der Waals surface area (Å²) in [6.07, 6.45) is 0. The molecule has 0 unspecified atom stereocenters. The number of amides is 1. The predicted octanol–water partition coefficient (Wildman–Crippen LogP) is 2.11. The van der Waals surface area contributed by atoms with Gasteiger partial charge in [0.15, 0.2) is 5.75 Å².